The molecule has 1 aliphatic rings. The number of benzene rings is 3. The molecule has 224 valence electrons. The first kappa shape index (κ1) is 31.4. The number of carbonyl (C=O) groups excluding carboxylic acids is 1. The summed E-state index contributed by atoms with van der Waals surface area (Å²) in [6, 6.07) is 26.2. The highest BCUT2D eigenvalue weighted by atomic mass is 127. The van der Waals surface area contributed by atoms with Crippen LogP contribution in [0.25, 0.3) is 11.8 Å². The Bertz CT molecular complexity index is 2140. The molecular weight excluding hydrogens is 832 g/mol. The molecule has 0 unspecified atom stereocenters. The molecule has 45 heavy (non-hydrogen) atoms. The fourth-order valence-corrected chi connectivity index (χ4v) is 8.97. The lowest BCUT2D eigenvalue weighted by molar-refractivity contribution is -0.138. The third kappa shape index (κ3) is 6.42. The topological polar surface area (TPSA) is 93.7 Å². The molecule has 0 saturated carbocycles. The zero-order chi connectivity index (χ0) is 31.5. The number of nitriles is 1. The van der Waals surface area contributed by atoms with Crippen LogP contribution in [0.2, 0.25) is 0 Å². The molecule has 7 nitrogen and oxygen atoms in total. The van der Waals surface area contributed by atoms with E-state index in [4.69, 9.17) is 14.5 Å². The van der Waals surface area contributed by atoms with Gasteiger partial charge in [-0.25, -0.2) is 9.79 Å². The van der Waals surface area contributed by atoms with Crippen molar-refractivity contribution in [3.05, 3.63) is 144 Å². The summed E-state index contributed by atoms with van der Waals surface area (Å²) in [4.78, 5) is 33.9. The van der Waals surface area contributed by atoms with E-state index >= 15 is 0 Å². The molecule has 5 aromatic rings. The molecular formula is C34H23I2N3O4S2. The molecule has 2 aromatic heterocycles. The summed E-state index contributed by atoms with van der Waals surface area (Å²) in [6.45, 7) is 2.23. The number of hydrogen-bond donors (Lipinski definition) is 0. The second-order valence-corrected chi connectivity index (χ2v) is 14.1. The van der Waals surface area contributed by atoms with Gasteiger partial charge >= 0.3 is 5.97 Å². The number of thiophene rings is 1. The summed E-state index contributed by atoms with van der Waals surface area (Å²) < 4.78 is 15.5. The first-order chi connectivity index (χ1) is 21.9. The van der Waals surface area contributed by atoms with Crippen molar-refractivity contribution < 1.29 is 14.3 Å². The number of fused-ring (bicyclic) bond motifs is 1. The average Bonchev–Trinajstić information content (AvgIpc) is 3.69. The summed E-state index contributed by atoms with van der Waals surface area (Å²) in [5.41, 5.74) is 3.61. The first-order valence-electron chi connectivity index (χ1n) is 13.8. The second-order valence-electron chi connectivity index (χ2n) is 9.82. The predicted octanol–water partition coefficient (Wildman–Crippen LogP) is 6.66. The number of halogens is 2. The van der Waals surface area contributed by atoms with Crippen LogP contribution in [0.15, 0.2) is 99.6 Å². The predicted molar refractivity (Wildman–Crippen MR) is 193 cm³/mol. The zero-order valence-corrected chi connectivity index (χ0v) is 29.6. The molecule has 11 heteroatoms. The van der Waals surface area contributed by atoms with E-state index < -0.39 is 12.0 Å². The Morgan fingerprint density at radius 3 is 2.49 bits per heavy atom. The maximum Gasteiger partial charge on any atom is 0.338 e. The van der Waals surface area contributed by atoms with Crippen molar-refractivity contribution >= 4 is 85.6 Å². The number of rotatable bonds is 8. The van der Waals surface area contributed by atoms with Crippen LogP contribution in [0.4, 0.5) is 0 Å². The SMILES string of the molecule is CCOC(=O)C1=C(c2ccccc2)N=c2s/c(=C\c3cc(I)c(OCc4ccccc4C#N)c(I)c3)c(=O)n2[C@@H]1c1cccs1. The van der Waals surface area contributed by atoms with E-state index in [1.54, 1.807) is 17.6 Å². The Balaban J connectivity index is 1.45. The van der Waals surface area contributed by atoms with Crippen LogP contribution >= 0.6 is 67.9 Å². The molecule has 0 radical (unpaired) electrons. The summed E-state index contributed by atoms with van der Waals surface area (Å²) in [5, 5.41) is 11.4. The number of thiazole rings is 1. The van der Waals surface area contributed by atoms with Crippen LogP contribution in [-0.4, -0.2) is 17.1 Å². The van der Waals surface area contributed by atoms with Gasteiger partial charge in [-0.3, -0.25) is 9.36 Å². The number of nitrogens with zero attached hydrogens (tertiary/aromatic N) is 3. The van der Waals surface area contributed by atoms with E-state index in [-0.39, 0.29) is 18.8 Å². The van der Waals surface area contributed by atoms with Gasteiger partial charge in [-0.15, -0.1) is 11.3 Å². The van der Waals surface area contributed by atoms with Gasteiger partial charge in [0.2, 0.25) is 0 Å². The fourth-order valence-electron chi connectivity index (χ4n) is 5.01. The second kappa shape index (κ2) is 13.8. The van der Waals surface area contributed by atoms with Gasteiger partial charge in [0.15, 0.2) is 4.80 Å². The van der Waals surface area contributed by atoms with Crippen molar-refractivity contribution in [3.63, 3.8) is 0 Å². The molecule has 0 bridgehead atoms. The van der Waals surface area contributed by atoms with Crippen molar-refractivity contribution in [2.45, 2.75) is 19.6 Å². The first-order valence-corrected chi connectivity index (χ1v) is 17.7. The number of hydrogen-bond acceptors (Lipinski definition) is 8. The molecule has 0 saturated heterocycles. The Morgan fingerprint density at radius 2 is 1.80 bits per heavy atom. The minimum Gasteiger partial charge on any atom is -0.487 e. The maximum absolute atomic E-state index is 14.1. The smallest absolute Gasteiger partial charge is 0.338 e. The van der Waals surface area contributed by atoms with Crippen molar-refractivity contribution in [3.8, 4) is 11.8 Å². The molecule has 3 heterocycles. The Morgan fingerprint density at radius 1 is 1.07 bits per heavy atom. The van der Waals surface area contributed by atoms with Crippen LogP contribution < -0.4 is 19.6 Å². The van der Waals surface area contributed by atoms with Crippen LogP contribution in [-0.2, 0) is 16.1 Å². The normalized spacial score (nSPS) is 14.4. The third-order valence-corrected chi connectivity index (χ3v) is 10.5. The maximum atomic E-state index is 14.1. The van der Waals surface area contributed by atoms with Crippen molar-refractivity contribution in [2.75, 3.05) is 6.61 Å². The summed E-state index contributed by atoms with van der Waals surface area (Å²) >= 11 is 7.23. The summed E-state index contributed by atoms with van der Waals surface area (Å²) in [7, 11) is 0. The quantitative estimate of drug-likeness (QED) is 0.129. The molecule has 0 spiro atoms. The van der Waals surface area contributed by atoms with Crippen molar-refractivity contribution in [1.82, 2.24) is 4.57 Å². The van der Waals surface area contributed by atoms with E-state index in [0.29, 0.717) is 31.9 Å². The summed E-state index contributed by atoms with van der Waals surface area (Å²) in [6.07, 6.45) is 1.85. The molecule has 0 fully saturated rings. The molecule has 0 amide bonds. The van der Waals surface area contributed by atoms with E-state index in [0.717, 1.165) is 28.7 Å². The number of ether oxygens (including phenoxy) is 2. The highest BCUT2D eigenvalue weighted by molar-refractivity contribution is 14.1. The average molecular weight is 856 g/mol. The number of aromatic nitrogens is 1. The Hall–Kier alpha value is -3.58. The molecule has 1 aliphatic heterocycles. The minimum absolute atomic E-state index is 0.202. The molecule has 3 aromatic carbocycles. The highest BCUT2D eigenvalue weighted by Gasteiger charge is 2.35. The van der Waals surface area contributed by atoms with E-state index in [1.165, 1.54) is 22.7 Å². The van der Waals surface area contributed by atoms with E-state index in [2.05, 4.69) is 51.3 Å². The number of esters is 1. The van der Waals surface area contributed by atoms with Crippen LogP contribution in [0, 0.1) is 18.5 Å². The Kier molecular flexibility index (Phi) is 9.64. The lowest BCUT2D eigenvalue weighted by atomic mass is 9.97. The molecule has 1 atom stereocenters. The van der Waals surface area contributed by atoms with Crippen LogP contribution in [0.3, 0.4) is 0 Å². The van der Waals surface area contributed by atoms with Crippen LogP contribution in [0.5, 0.6) is 5.75 Å². The van der Waals surface area contributed by atoms with Gasteiger partial charge in [-0.2, -0.15) is 5.26 Å². The lowest BCUT2D eigenvalue weighted by Gasteiger charge is -2.24. The third-order valence-electron chi connectivity index (χ3n) is 7.01. The minimum atomic E-state index is -0.676. The van der Waals surface area contributed by atoms with Crippen molar-refractivity contribution in [1.29, 1.82) is 5.26 Å². The van der Waals surface area contributed by atoms with Crippen molar-refractivity contribution in [2.24, 2.45) is 4.99 Å². The zero-order valence-electron chi connectivity index (χ0n) is 23.7. The van der Waals surface area contributed by atoms with Gasteiger partial charge in [-0.05, 0) is 93.4 Å². The monoisotopic (exact) mass is 855 g/mol. The van der Waals surface area contributed by atoms with Gasteiger partial charge in [0.1, 0.15) is 18.4 Å². The largest absolute Gasteiger partial charge is 0.487 e. The standard InChI is InChI=1S/C34H23I2N3O4S2/c1-2-42-33(41)28-29(21-9-4-3-5-10-21)38-34-39(30(28)26-13-8-14-44-26)32(40)27(45-34)17-20-15-24(35)31(25(36)16-20)43-19-23-12-7-6-11-22(23)18-37/h3-17,30H,2,19H2,1H3/b27-17-/t30-/m1/s1. The Labute approximate surface area is 294 Å². The highest BCUT2D eigenvalue weighted by Crippen LogP contribution is 2.37. The lowest BCUT2D eigenvalue weighted by Crippen LogP contribution is -2.39. The van der Waals surface area contributed by atoms with E-state index in [1.807, 2.05) is 84.3 Å². The van der Waals surface area contributed by atoms with Gasteiger partial charge in [0, 0.05) is 16.0 Å². The van der Waals surface area contributed by atoms with Gasteiger partial charge in [0.25, 0.3) is 5.56 Å². The van der Waals surface area contributed by atoms with Gasteiger partial charge in [-0.1, -0.05) is 65.9 Å². The van der Waals surface area contributed by atoms with Crippen LogP contribution in [0.1, 0.15) is 40.1 Å². The fraction of sp³-hybridized carbons (Fsp3) is 0.118. The van der Waals surface area contributed by atoms with Gasteiger partial charge in [0.05, 0.1) is 41.2 Å². The molecule has 6 rings (SSSR count). The van der Waals surface area contributed by atoms with Gasteiger partial charge < -0.3 is 9.47 Å². The summed E-state index contributed by atoms with van der Waals surface area (Å²) in [5.74, 6) is 0.219. The molecule has 0 N–H and O–H groups in total. The molecule has 0 aliphatic carbocycles. The van der Waals surface area contributed by atoms with E-state index in [9.17, 15) is 14.9 Å². The number of carbonyl (C=O) groups is 1.